The normalized spacial score (nSPS) is 21.9. The highest BCUT2D eigenvalue weighted by molar-refractivity contribution is 4.76. The molecule has 0 aromatic heterocycles. The molecule has 0 radical (unpaired) electrons. The molecule has 1 aliphatic rings. The fourth-order valence-electron chi connectivity index (χ4n) is 2.68. The molecule has 0 aromatic rings. The zero-order valence-electron chi connectivity index (χ0n) is 11.1. The molecule has 2 N–H and O–H groups in total. The molecule has 1 saturated carbocycles. The number of hydrogen-bond acceptors (Lipinski definition) is 2. The third-order valence-electron chi connectivity index (χ3n) is 3.75. The minimum Gasteiger partial charge on any atom is -0.380 e. The van der Waals surface area contributed by atoms with E-state index in [1.165, 1.54) is 44.9 Å². The van der Waals surface area contributed by atoms with E-state index in [1.54, 1.807) is 0 Å². The maximum Gasteiger partial charge on any atom is 0.0620 e. The molecule has 2 heteroatoms. The summed E-state index contributed by atoms with van der Waals surface area (Å²) in [5, 5.41) is 0. The average Bonchev–Trinajstić information content (AvgIpc) is 2.30. The first-order valence-electron chi connectivity index (χ1n) is 7.07. The van der Waals surface area contributed by atoms with Crippen LogP contribution < -0.4 is 5.73 Å². The Hall–Kier alpha value is -0.0800. The molecule has 0 bridgehead atoms. The quantitative estimate of drug-likeness (QED) is 0.724. The van der Waals surface area contributed by atoms with Crippen molar-refractivity contribution >= 4 is 0 Å². The van der Waals surface area contributed by atoms with E-state index in [2.05, 4.69) is 13.8 Å². The van der Waals surface area contributed by atoms with E-state index in [9.17, 15) is 0 Å². The number of rotatable bonds is 7. The summed E-state index contributed by atoms with van der Waals surface area (Å²) in [5.74, 6) is 1.40. The Morgan fingerprint density at radius 1 is 1.19 bits per heavy atom. The SMILES string of the molecule is CCCC(C)COCC(N)C1CCCCC1. The summed E-state index contributed by atoms with van der Waals surface area (Å²) in [6, 6.07) is 0.272. The van der Waals surface area contributed by atoms with Crippen LogP contribution in [0.15, 0.2) is 0 Å². The zero-order chi connectivity index (χ0) is 11.8. The van der Waals surface area contributed by atoms with Crippen molar-refractivity contribution in [1.82, 2.24) is 0 Å². The van der Waals surface area contributed by atoms with Gasteiger partial charge in [0.15, 0.2) is 0 Å². The van der Waals surface area contributed by atoms with Gasteiger partial charge in [0.05, 0.1) is 6.61 Å². The van der Waals surface area contributed by atoms with Gasteiger partial charge in [0, 0.05) is 12.6 Å². The molecule has 2 nitrogen and oxygen atoms in total. The molecule has 0 amide bonds. The minimum atomic E-state index is 0.272. The van der Waals surface area contributed by atoms with Crippen LogP contribution in [-0.4, -0.2) is 19.3 Å². The van der Waals surface area contributed by atoms with Crippen LogP contribution in [0.3, 0.4) is 0 Å². The van der Waals surface area contributed by atoms with E-state index in [4.69, 9.17) is 10.5 Å². The molecule has 0 aliphatic heterocycles. The second-order valence-corrected chi connectivity index (χ2v) is 5.49. The largest absolute Gasteiger partial charge is 0.380 e. The van der Waals surface area contributed by atoms with Gasteiger partial charge in [-0.2, -0.15) is 0 Å². The summed E-state index contributed by atoms with van der Waals surface area (Å²) < 4.78 is 5.74. The van der Waals surface area contributed by atoms with Crippen LogP contribution in [0.1, 0.15) is 58.8 Å². The summed E-state index contributed by atoms with van der Waals surface area (Å²) in [6.45, 7) is 6.13. The van der Waals surface area contributed by atoms with Crippen molar-refractivity contribution in [3.63, 3.8) is 0 Å². The Morgan fingerprint density at radius 2 is 1.88 bits per heavy atom. The van der Waals surface area contributed by atoms with Crippen molar-refractivity contribution in [3.05, 3.63) is 0 Å². The third kappa shape index (κ3) is 5.31. The topological polar surface area (TPSA) is 35.2 Å². The van der Waals surface area contributed by atoms with Crippen molar-refractivity contribution in [1.29, 1.82) is 0 Å². The van der Waals surface area contributed by atoms with Crippen molar-refractivity contribution in [2.75, 3.05) is 13.2 Å². The van der Waals surface area contributed by atoms with Crippen LogP contribution in [0.2, 0.25) is 0 Å². The van der Waals surface area contributed by atoms with Gasteiger partial charge in [-0.25, -0.2) is 0 Å². The van der Waals surface area contributed by atoms with E-state index in [0.717, 1.165) is 19.1 Å². The standard InChI is InChI=1S/C14H29NO/c1-3-7-12(2)10-16-11-14(15)13-8-5-4-6-9-13/h12-14H,3-11,15H2,1-2H3. The minimum absolute atomic E-state index is 0.272. The molecule has 0 heterocycles. The van der Waals surface area contributed by atoms with E-state index >= 15 is 0 Å². The molecule has 0 aromatic carbocycles. The third-order valence-corrected chi connectivity index (χ3v) is 3.75. The molecule has 0 saturated heterocycles. The van der Waals surface area contributed by atoms with Gasteiger partial charge in [-0.05, 0) is 31.1 Å². The molecule has 1 aliphatic carbocycles. The molecular weight excluding hydrogens is 198 g/mol. The van der Waals surface area contributed by atoms with Crippen LogP contribution in [0.5, 0.6) is 0 Å². The summed E-state index contributed by atoms with van der Waals surface area (Å²) in [5.41, 5.74) is 6.18. The first kappa shape index (κ1) is 14.0. The van der Waals surface area contributed by atoms with Gasteiger partial charge >= 0.3 is 0 Å². The van der Waals surface area contributed by atoms with E-state index in [1.807, 2.05) is 0 Å². The number of ether oxygens (including phenoxy) is 1. The molecule has 1 rings (SSSR count). The molecule has 1 fully saturated rings. The highest BCUT2D eigenvalue weighted by atomic mass is 16.5. The average molecular weight is 227 g/mol. The van der Waals surface area contributed by atoms with Gasteiger partial charge in [-0.1, -0.05) is 39.5 Å². The van der Waals surface area contributed by atoms with E-state index in [-0.39, 0.29) is 6.04 Å². The summed E-state index contributed by atoms with van der Waals surface area (Å²) in [7, 11) is 0. The summed E-state index contributed by atoms with van der Waals surface area (Å²) in [6.07, 6.45) is 9.27. The van der Waals surface area contributed by atoms with Crippen molar-refractivity contribution < 1.29 is 4.74 Å². The second-order valence-electron chi connectivity index (χ2n) is 5.49. The smallest absolute Gasteiger partial charge is 0.0620 e. The second kappa shape index (κ2) is 8.08. The van der Waals surface area contributed by atoms with Crippen LogP contribution in [0.4, 0.5) is 0 Å². The molecule has 2 unspecified atom stereocenters. The van der Waals surface area contributed by atoms with Crippen LogP contribution in [-0.2, 0) is 4.74 Å². The van der Waals surface area contributed by atoms with Gasteiger partial charge in [0.1, 0.15) is 0 Å². The monoisotopic (exact) mass is 227 g/mol. The highest BCUT2D eigenvalue weighted by Gasteiger charge is 2.20. The Balaban J connectivity index is 2.07. The fraction of sp³-hybridized carbons (Fsp3) is 1.00. The molecular formula is C14H29NO. The van der Waals surface area contributed by atoms with Crippen LogP contribution in [0, 0.1) is 11.8 Å². The van der Waals surface area contributed by atoms with Crippen molar-refractivity contribution in [3.8, 4) is 0 Å². The first-order chi connectivity index (χ1) is 7.74. The van der Waals surface area contributed by atoms with Gasteiger partial charge in [-0.3, -0.25) is 0 Å². The number of nitrogens with two attached hydrogens (primary N) is 1. The Morgan fingerprint density at radius 3 is 2.50 bits per heavy atom. The predicted octanol–water partition coefficient (Wildman–Crippen LogP) is 3.35. The Kier molecular flexibility index (Phi) is 7.06. The van der Waals surface area contributed by atoms with Gasteiger partial charge in [-0.15, -0.1) is 0 Å². The zero-order valence-corrected chi connectivity index (χ0v) is 11.1. The first-order valence-corrected chi connectivity index (χ1v) is 7.07. The lowest BCUT2D eigenvalue weighted by Crippen LogP contribution is -2.36. The molecule has 96 valence electrons. The maximum absolute atomic E-state index is 6.18. The highest BCUT2D eigenvalue weighted by Crippen LogP contribution is 2.25. The predicted molar refractivity (Wildman–Crippen MR) is 69.4 cm³/mol. The molecule has 0 spiro atoms. The lowest BCUT2D eigenvalue weighted by molar-refractivity contribution is 0.0733. The lowest BCUT2D eigenvalue weighted by Gasteiger charge is -2.27. The van der Waals surface area contributed by atoms with Gasteiger partial charge in [0.2, 0.25) is 0 Å². The fourth-order valence-corrected chi connectivity index (χ4v) is 2.68. The summed E-state index contributed by atoms with van der Waals surface area (Å²) >= 11 is 0. The van der Waals surface area contributed by atoms with E-state index < -0.39 is 0 Å². The Labute approximate surface area is 101 Å². The van der Waals surface area contributed by atoms with Crippen molar-refractivity contribution in [2.24, 2.45) is 17.6 Å². The number of hydrogen-bond donors (Lipinski definition) is 1. The van der Waals surface area contributed by atoms with Gasteiger partial charge in [0.25, 0.3) is 0 Å². The van der Waals surface area contributed by atoms with Crippen LogP contribution >= 0.6 is 0 Å². The van der Waals surface area contributed by atoms with Crippen LogP contribution in [0.25, 0.3) is 0 Å². The van der Waals surface area contributed by atoms with E-state index in [0.29, 0.717) is 5.92 Å². The maximum atomic E-state index is 6.18. The Bertz CT molecular complexity index is 166. The summed E-state index contributed by atoms with van der Waals surface area (Å²) in [4.78, 5) is 0. The van der Waals surface area contributed by atoms with Crippen molar-refractivity contribution in [2.45, 2.75) is 64.8 Å². The lowest BCUT2D eigenvalue weighted by atomic mass is 9.84. The molecule has 16 heavy (non-hydrogen) atoms. The molecule has 2 atom stereocenters. The van der Waals surface area contributed by atoms with Gasteiger partial charge < -0.3 is 10.5 Å².